The smallest absolute Gasteiger partial charge is 0.309 e. The number of benzene rings is 2. The van der Waals surface area contributed by atoms with E-state index in [2.05, 4.69) is 10.3 Å². The van der Waals surface area contributed by atoms with Crippen LogP contribution in [0.15, 0.2) is 66.9 Å². The summed E-state index contributed by atoms with van der Waals surface area (Å²) in [6.07, 6.45) is -2.69. The van der Waals surface area contributed by atoms with Gasteiger partial charge in [-0.05, 0) is 60.5 Å². The van der Waals surface area contributed by atoms with Gasteiger partial charge >= 0.3 is 6.18 Å². The van der Waals surface area contributed by atoms with Gasteiger partial charge in [0.25, 0.3) is 0 Å². The molecule has 0 radical (unpaired) electrons. The molecule has 2 aromatic heterocycles. The maximum Gasteiger partial charge on any atom is 0.416 e. The summed E-state index contributed by atoms with van der Waals surface area (Å²) in [5.41, 5.74) is 2.47. The molecular weight excluding hydrogens is 410 g/mol. The largest absolute Gasteiger partial charge is 0.416 e. The number of anilines is 1. The molecule has 0 unspecified atom stereocenters. The summed E-state index contributed by atoms with van der Waals surface area (Å²) in [4.78, 5) is 17.1. The zero-order valence-electron chi connectivity index (χ0n) is 16.4. The third-order valence-corrected chi connectivity index (χ3v) is 4.79. The number of amides is 1. The van der Waals surface area contributed by atoms with E-state index in [9.17, 15) is 22.4 Å². The molecule has 0 fully saturated rings. The topological polar surface area (TPSA) is 46.4 Å². The van der Waals surface area contributed by atoms with Crippen molar-refractivity contribution in [3.63, 3.8) is 0 Å². The molecular formula is C23H17F4N3O. The third kappa shape index (κ3) is 4.42. The summed E-state index contributed by atoms with van der Waals surface area (Å²) < 4.78 is 53.4. The van der Waals surface area contributed by atoms with E-state index in [1.54, 1.807) is 22.6 Å². The van der Waals surface area contributed by atoms with Gasteiger partial charge < -0.3 is 5.32 Å². The molecule has 1 N–H and O–H groups in total. The Morgan fingerprint density at radius 1 is 1.00 bits per heavy atom. The number of fused-ring (bicyclic) bond motifs is 1. The zero-order valence-corrected chi connectivity index (χ0v) is 16.4. The number of hydrogen-bond donors (Lipinski definition) is 1. The lowest BCUT2D eigenvalue weighted by atomic mass is 10.1. The van der Waals surface area contributed by atoms with E-state index in [0.717, 1.165) is 17.7 Å². The Balaban J connectivity index is 1.64. The van der Waals surface area contributed by atoms with Crippen LogP contribution in [0.4, 0.5) is 23.4 Å². The van der Waals surface area contributed by atoms with Gasteiger partial charge in [-0.3, -0.25) is 9.20 Å². The molecule has 0 aliphatic heterocycles. The Bertz CT molecular complexity index is 1240. The maximum atomic E-state index is 13.4. The van der Waals surface area contributed by atoms with Crippen LogP contribution in [-0.4, -0.2) is 15.3 Å². The lowest BCUT2D eigenvalue weighted by molar-refractivity contribution is -0.137. The molecule has 0 spiro atoms. The fourth-order valence-electron chi connectivity index (χ4n) is 3.29. The molecule has 2 heterocycles. The SMILES string of the molecule is Cc1ccc2nc(NC(=O)Cc3ccc(C(F)(F)F)cc3)c(-c3ccc(F)cc3)n2c1. The van der Waals surface area contributed by atoms with Crippen LogP contribution in [0.25, 0.3) is 16.9 Å². The molecule has 4 rings (SSSR count). The van der Waals surface area contributed by atoms with Gasteiger partial charge in [0, 0.05) is 11.8 Å². The minimum atomic E-state index is -4.43. The van der Waals surface area contributed by atoms with Crippen molar-refractivity contribution in [3.05, 3.63) is 89.4 Å². The van der Waals surface area contributed by atoms with E-state index in [4.69, 9.17) is 0 Å². The molecule has 4 aromatic rings. The van der Waals surface area contributed by atoms with E-state index in [0.29, 0.717) is 22.5 Å². The summed E-state index contributed by atoms with van der Waals surface area (Å²) in [6, 6.07) is 13.9. The average molecular weight is 427 g/mol. The number of imidazole rings is 1. The summed E-state index contributed by atoms with van der Waals surface area (Å²) >= 11 is 0. The standard InChI is InChI=1S/C23H17F4N3O/c1-14-2-11-19-28-22(21(30(19)13-14)16-5-9-18(24)10-6-16)29-20(31)12-15-3-7-17(8-4-15)23(25,26)27/h2-11,13H,12H2,1H3,(H,29,31). The van der Waals surface area contributed by atoms with E-state index >= 15 is 0 Å². The van der Waals surface area contributed by atoms with Crippen molar-refractivity contribution in [2.45, 2.75) is 19.5 Å². The highest BCUT2D eigenvalue weighted by molar-refractivity contribution is 5.95. The predicted octanol–water partition coefficient (Wildman–Crippen LogP) is 5.65. The van der Waals surface area contributed by atoms with Crippen LogP contribution in [-0.2, 0) is 17.4 Å². The minimum absolute atomic E-state index is 0.117. The van der Waals surface area contributed by atoms with Crippen LogP contribution in [0.3, 0.4) is 0 Å². The van der Waals surface area contributed by atoms with Gasteiger partial charge in [-0.1, -0.05) is 18.2 Å². The van der Waals surface area contributed by atoms with Crippen LogP contribution in [0.5, 0.6) is 0 Å². The average Bonchev–Trinajstić information content (AvgIpc) is 3.05. The van der Waals surface area contributed by atoms with Crippen LogP contribution in [0.2, 0.25) is 0 Å². The van der Waals surface area contributed by atoms with Gasteiger partial charge in [0.2, 0.25) is 5.91 Å². The van der Waals surface area contributed by atoms with Crippen molar-refractivity contribution in [1.82, 2.24) is 9.38 Å². The Morgan fingerprint density at radius 3 is 2.32 bits per heavy atom. The first kappa shape index (κ1) is 20.6. The lowest BCUT2D eigenvalue weighted by Crippen LogP contribution is -2.15. The molecule has 2 aromatic carbocycles. The van der Waals surface area contributed by atoms with Crippen LogP contribution in [0, 0.1) is 12.7 Å². The number of halogens is 4. The van der Waals surface area contributed by atoms with Gasteiger partial charge in [0.1, 0.15) is 11.5 Å². The second-order valence-corrected chi connectivity index (χ2v) is 7.17. The summed E-state index contributed by atoms with van der Waals surface area (Å²) in [7, 11) is 0. The van der Waals surface area contributed by atoms with Crippen LogP contribution in [0.1, 0.15) is 16.7 Å². The molecule has 158 valence electrons. The van der Waals surface area contributed by atoms with Crippen molar-refractivity contribution < 1.29 is 22.4 Å². The Kier molecular flexibility index (Phi) is 5.22. The minimum Gasteiger partial charge on any atom is -0.309 e. The summed E-state index contributed by atoms with van der Waals surface area (Å²) in [5.74, 6) is -0.529. The molecule has 0 aliphatic rings. The predicted molar refractivity (Wildman–Crippen MR) is 109 cm³/mol. The van der Waals surface area contributed by atoms with Crippen LogP contribution >= 0.6 is 0 Å². The fraction of sp³-hybridized carbons (Fsp3) is 0.130. The second kappa shape index (κ2) is 7.86. The molecule has 0 aliphatic carbocycles. The van der Waals surface area contributed by atoms with Crippen molar-refractivity contribution >= 4 is 17.4 Å². The first-order valence-corrected chi connectivity index (χ1v) is 9.41. The number of carbonyl (C=O) groups is 1. The van der Waals surface area contributed by atoms with Gasteiger partial charge in [-0.2, -0.15) is 13.2 Å². The normalized spacial score (nSPS) is 11.6. The van der Waals surface area contributed by atoms with Gasteiger partial charge in [0.05, 0.1) is 17.7 Å². The molecule has 0 saturated heterocycles. The number of carbonyl (C=O) groups excluding carboxylic acids is 1. The van der Waals surface area contributed by atoms with E-state index in [1.807, 2.05) is 19.2 Å². The number of aryl methyl sites for hydroxylation is 1. The number of aromatic nitrogens is 2. The first-order chi connectivity index (χ1) is 14.7. The molecule has 31 heavy (non-hydrogen) atoms. The second-order valence-electron chi connectivity index (χ2n) is 7.17. The number of pyridine rings is 1. The lowest BCUT2D eigenvalue weighted by Gasteiger charge is -2.09. The molecule has 0 atom stereocenters. The number of nitrogens with zero attached hydrogens (tertiary/aromatic N) is 2. The van der Waals surface area contributed by atoms with E-state index in [-0.39, 0.29) is 18.1 Å². The van der Waals surface area contributed by atoms with Gasteiger partial charge in [-0.25, -0.2) is 9.37 Å². The van der Waals surface area contributed by atoms with E-state index in [1.165, 1.54) is 24.3 Å². The highest BCUT2D eigenvalue weighted by Gasteiger charge is 2.30. The molecule has 8 heteroatoms. The molecule has 1 amide bonds. The fourth-order valence-corrected chi connectivity index (χ4v) is 3.29. The van der Waals surface area contributed by atoms with Crippen molar-refractivity contribution in [2.24, 2.45) is 0 Å². The quantitative estimate of drug-likeness (QED) is 0.428. The van der Waals surface area contributed by atoms with Crippen molar-refractivity contribution in [2.75, 3.05) is 5.32 Å². The van der Waals surface area contributed by atoms with Crippen LogP contribution < -0.4 is 5.32 Å². The molecule has 0 saturated carbocycles. The van der Waals surface area contributed by atoms with Gasteiger partial charge in [0.15, 0.2) is 5.82 Å². The Hall–Kier alpha value is -3.68. The Labute approximate surface area is 175 Å². The zero-order chi connectivity index (χ0) is 22.2. The number of alkyl halides is 3. The monoisotopic (exact) mass is 427 g/mol. The van der Waals surface area contributed by atoms with Crippen molar-refractivity contribution in [3.8, 4) is 11.3 Å². The third-order valence-electron chi connectivity index (χ3n) is 4.79. The summed E-state index contributed by atoms with van der Waals surface area (Å²) in [6.45, 7) is 1.91. The number of rotatable bonds is 4. The summed E-state index contributed by atoms with van der Waals surface area (Å²) in [5, 5.41) is 2.74. The number of nitrogens with one attached hydrogen (secondary N) is 1. The van der Waals surface area contributed by atoms with E-state index < -0.39 is 17.6 Å². The number of hydrogen-bond acceptors (Lipinski definition) is 2. The molecule has 0 bridgehead atoms. The molecule has 4 nitrogen and oxygen atoms in total. The highest BCUT2D eigenvalue weighted by Crippen LogP contribution is 2.31. The van der Waals surface area contributed by atoms with Crippen molar-refractivity contribution in [1.29, 1.82) is 0 Å². The maximum absolute atomic E-state index is 13.4. The highest BCUT2D eigenvalue weighted by atomic mass is 19.4. The van der Waals surface area contributed by atoms with Gasteiger partial charge in [-0.15, -0.1) is 0 Å². The Morgan fingerprint density at radius 2 is 1.68 bits per heavy atom. The first-order valence-electron chi connectivity index (χ1n) is 9.41.